The van der Waals surface area contributed by atoms with Crippen molar-refractivity contribution < 1.29 is 5.11 Å². The molecule has 0 aliphatic carbocycles. The second kappa shape index (κ2) is 4.92. The third kappa shape index (κ3) is 2.79. The van der Waals surface area contributed by atoms with Gasteiger partial charge in [0, 0.05) is 3.57 Å². The molecule has 0 aliphatic rings. The quantitative estimate of drug-likeness (QED) is 0.876. The number of nitrogens with zero attached hydrogens (tertiary/aromatic N) is 3. The zero-order chi connectivity index (χ0) is 11.5. The summed E-state index contributed by atoms with van der Waals surface area (Å²) in [5.74, 6) is 0. The number of rotatable bonds is 3. The average molecular weight is 329 g/mol. The Morgan fingerprint density at radius 1 is 1.38 bits per heavy atom. The molecule has 1 aromatic carbocycles. The molecule has 1 heterocycles. The van der Waals surface area contributed by atoms with Crippen LogP contribution in [-0.2, 0) is 6.54 Å². The van der Waals surface area contributed by atoms with E-state index >= 15 is 0 Å². The maximum absolute atomic E-state index is 9.32. The van der Waals surface area contributed by atoms with Gasteiger partial charge in [0.2, 0.25) is 0 Å². The molecule has 0 saturated carbocycles. The van der Waals surface area contributed by atoms with Gasteiger partial charge in [-0.25, -0.2) is 4.68 Å². The molecule has 84 valence electrons. The van der Waals surface area contributed by atoms with E-state index in [1.165, 1.54) is 9.13 Å². The fraction of sp³-hybridized carbons (Fsp3) is 0.273. The zero-order valence-corrected chi connectivity index (χ0v) is 11.0. The summed E-state index contributed by atoms with van der Waals surface area (Å²) < 4.78 is 2.94. The van der Waals surface area contributed by atoms with Gasteiger partial charge in [0.1, 0.15) is 5.69 Å². The van der Waals surface area contributed by atoms with Crippen LogP contribution >= 0.6 is 22.6 Å². The van der Waals surface area contributed by atoms with Crippen molar-refractivity contribution in [3.63, 3.8) is 0 Å². The van der Waals surface area contributed by atoms with E-state index in [9.17, 15) is 5.11 Å². The number of aliphatic hydroxyl groups excluding tert-OH is 1. The van der Waals surface area contributed by atoms with Crippen molar-refractivity contribution in [2.75, 3.05) is 0 Å². The molecule has 0 radical (unpaired) electrons. The lowest BCUT2D eigenvalue weighted by molar-refractivity contribution is 0.194. The van der Waals surface area contributed by atoms with E-state index in [-0.39, 0.29) is 0 Å². The van der Waals surface area contributed by atoms with E-state index in [0.717, 1.165) is 0 Å². The Balaban J connectivity index is 2.11. The van der Waals surface area contributed by atoms with Gasteiger partial charge in [-0.3, -0.25) is 0 Å². The van der Waals surface area contributed by atoms with E-state index in [2.05, 4.69) is 57.2 Å². The van der Waals surface area contributed by atoms with Gasteiger partial charge in [0.05, 0.1) is 18.8 Å². The fourth-order valence-electron chi connectivity index (χ4n) is 1.36. The molecular formula is C11H12IN3O. The topological polar surface area (TPSA) is 50.9 Å². The molecule has 0 fully saturated rings. The van der Waals surface area contributed by atoms with Crippen LogP contribution in [-0.4, -0.2) is 20.1 Å². The summed E-state index contributed by atoms with van der Waals surface area (Å²) >= 11 is 2.27. The molecule has 0 bridgehead atoms. The van der Waals surface area contributed by atoms with E-state index in [4.69, 9.17) is 0 Å². The molecule has 4 nitrogen and oxygen atoms in total. The molecule has 2 rings (SSSR count). The van der Waals surface area contributed by atoms with E-state index < -0.39 is 6.10 Å². The molecule has 1 N–H and O–H groups in total. The Kier molecular flexibility index (Phi) is 3.55. The molecule has 2 aromatic rings. The number of hydrogen-bond acceptors (Lipinski definition) is 3. The van der Waals surface area contributed by atoms with Gasteiger partial charge in [-0.2, -0.15) is 0 Å². The molecule has 0 saturated heterocycles. The van der Waals surface area contributed by atoms with Crippen LogP contribution in [0.1, 0.15) is 24.3 Å². The summed E-state index contributed by atoms with van der Waals surface area (Å²) in [7, 11) is 0. The zero-order valence-electron chi connectivity index (χ0n) is 8.84. The second-order valence-corrected chi connectivity index (χ2v) is 4.89. The first-order valence-corrected chi connectivity index (χ1v) is 6.05. The predicted octanol–water partition coefficient (Wildman–Crippen LogP) is 1.98. The van der Waals surface area contributed by atoms with Crippen molar-refractivity contribution in [1.82, 2.24) is 15.0 Å². The minimum absolute atomic E-state index is 0.564. The lowest BCUT2D eigenvalue weighted by Crippen LogP contribution is -2.00. The van der Waals surface area contributed by atoms with Crippen LogP contribution in [0.3, 0.4) is 0 Å². The fourth-order valence-corrected chi connectivity index (χ4v) is 1.72. The molecule has 0 spiro atoms. The minimum atomic E-state index is -0.564. The molecule has 1 unspecified atom stereocenters. The minimum Gasteiger partial charge on any atom is -0.387 e. The van der Waals surface area contributed by atoms with Gasteiger partial charge in [0.25, 0.3) is 0 Å². The average Bonchev–Trinajstić information content (AvgIpc) is 2.70. The van der Waals surface area contributed by atoms with Crippen LogP contribution in [0.2, 0.25) is 0 Å². The van der Waals surface area contributed by atoms with Crippen molar-refractivity contribution in [2.45, 2.75) is 19.6 Å². The SMILES string of the molecule is CC(O)c1cn(Cc2ccc(I)cc2)nn1. The molecule has 0 amide bonds. The number of halogens is 1. The standard InChI is InChI=1S/C11H12IN3O/c1-8(16)11-7-15(14-13-11)6-9-2-4-10(12)5-3-9/h2-5,7-8,16H,6H2,1H3. The molecule has 1 aromatic heterocycles. The number of aromatic nitrogens is 3. The first-order chi connectivity index (χ1) is 7.65. The van der Waals surface area contributed by atoms with E-state index in [1.807, 2.05) is 0 Å². The van der Waals surface area contributed by atoms with Crippen molar-refractivity contribution in [2.24, 2.45) is 0 Å². The van der Waals surface area contributed by atoms with E-state index in [0.29, 0.717) is 12.2 Å². The molecule has 1 atom stereocenters. The Hall–Kier alpha value is -0.950. The van der Waals surface area contributed by atoms with Crippen molar-refractivity contribution in [3.05, 3.63) is 45.3 Å². The van der Waals surface area contributed by atoms with Crippen LogP contribution in [0.5, 0.6) is 0 Å². The largest absolute Gasteiger partial charge is 0.387 e. The Morgan fingerprint density at radius 3 is 2.62 bits per heavy atom. The maximum atomic E-state index is 9.32. The highest BCUT2D eigenvalue weighted by Gasteiger charge is 2.06. The third-order valence-corrected chi connectivity index (χ3v) is 2.96. The van der Waals surface area contributed by atoms with Gasteiger partial charge in [0.15, 0.2) is 0 Å². The smallest absolute Gasteiger partial charge is 0.111 e. The van der Waals surface area contributed by atoms with Gasteiger partial charge in [-0.05, 0) is 47.2 Å². The number of hydrogen-bond donors (Lipinski definition) is 1. The summed E-state index contributed by atoms with van der Waals surface area (Å²) in [5.41, 5.74) is 1.77. The molecule has 0 aliphatic heterocycles. The summed E-state index contributed by atoms with van der Waals surface area (Å²) in [6.07, 6.45) is 1.20. The highest BCUT2D eigenvalue weighted by molar-refractivity contribution is 14.1. The predicted molar refractivity (Wildman–Crippen MR) is 68.9 cm³/mol. The van der Waals surface area contributed by atoms with Crippen LogP contribution in [0.25, 0.3) is 0 Å². The number of aliphatic hydroxyl groups is 1. The first kappa shape index (κ1) is 11.5. The monoisotopic (exact) mass is 329 g/mol. The third-order valence-electron chi connectivity index (χ3n) is 2.24. The molecule has 16 heavy (non-hydrogen) atoms. The highest BCUT2D eigenvalue weighted by atomic mass is 127. The summed E-state index contributed by atoms with van der Waals surface area (Å²) in [6, 6.07) is 8.24. The van der Waals surface area contributed by atoms with Crippen LogP contribution in [0.4, 0.5) is 0 Å². The lowest BCUT2D eigenvalue weighted by atomic mass is 10.2. The Bertz CT molecular complexity index is 464. The summed E-state index contributed by atoms with van der Waals surface area (Å²) in [5, 5.41) is 17.2. The normalized spacial score (nSPS) is 12.7. The van der Waals surface area contributed by atoms with Crippen molar-refractivity contribution in [1.29, 1.82) is 0 Å². The van der Waals surface area contributed by atoms with Gasteiger partial charge in [-0.1, -0.05) is 17.3 Å². The van der Waals surface area contributed by atoms with Crippen molar-refractivity contribution >= 4 is 22.6 Å². The van der Waals surface area contributed by atoms with Gasteiger partial charge >= 0.3 is 0 Å². The van der Waals surface area contributed by atoms with Crippen LogP contribution < -0.4 is 0 Å². The second-order valence-electron chi connectivity index (χ2n) is 3.64. The molecule has 5 heteroatoms. The highest BCUT2D eigenvalue weighted by Crippen LogP contribution is 2.10. The Labute approximate surface area is 107 Å². The van der Waals surface area contributed by atoms with Crippen molar-refractivity contribution in [3.8, 4) is 0 Å². The lowest BCUT2D eigenvalue weighted by Gasteiger charge is -2.00. The van der Waals surface area contributed by atoms with Crippen LogP contribution in [0, 0.1) is 3.57 Å². The first-order valence-electron chi connectivity index (χ1n) is 4.97. The Morgan fingerprint density at radius 2 is 2.06 bits per heavy atom. The van der Waals surface area contributed by atoms with Gasteiger partial charge in [-0.15, -0.1) is 5.10 Å². The maximum Gasteiger partial charge on any atom is 0.111 e. The molecular weight excluding hydrogens is 317 g/mol. The van der Waals surface area contributed by atoms with Crippen LogP contribution in [0.15, 0.2) is 30.5 Å². The summed E-state index contributed by atoms with van der Waals surface area (Å²) in [6.45, 7) is 2.36. The number of benzene rings is 1. The van der Waals surface area contributed by atoms with Gasteiger partial charge < -0.3 is 5.11 Å². The summed E-state index contributed by atoms with van der Waals surface area (Å²) in [4.78, 5) is 0. The van der Waals surface area contributed by atoms with E-state index in [1.54, 1.807) is 17.8 Å².